The predicted octanol–water partition coefficient (Wildman–Crippen LogP) is 1.54. The quantitative estimate of drug-likeness (QED) is 0.674. The summed E-state index contributed by atoms with van der Waals surface area (Å²) in [6, 6.07) is 0.366. The fourth-order valence-electron chi connectivity index (χ4n) is 1.72. The van der Waals surface area contributed by atoms with E-state index in [0.717, 1.165) is 19.4 Å². The summed E-state index contributed by atoms with van der Waals surface area (Å²) in [4.78, 5) is 0. The molecule has 1 aliphatic rings. The molecule has 1 fully saturated rings. The summed E-state index contributed by atoms with van der Waals surface area (Å²) in [5.74, 6) is 0.616. The van der Waals surface area contributed by atoms with Gasteiger partial charge in [0.15, 0.2) is 0 Å². The first-order chi connectivity index (χ1) is 5.24. The lowest BCUT2D eigenvalue weighted by Gasteiger charge is -2.16. The Balaban J connectivity index is 2.25. The molecule has 3 unspecified atom stereocenters. The van der Waals surface area contributed by atoms with Gasteiger partial charge in [-0.3, -0.25) is 0 Å². The lowest BCUT2D eigenvalue weighted by molar-refractivity contribution is 0.118. The van der Waals surface area contributed by atoms with Crippen molar-refractivity contribution in [3.63, 3.8) is 0 Å². The van der Waals surface area contributed by atoms with Crippen LogP contribution in [0.25, 0.3) is 0 Å². The number of rotatable bonds is 3. The highest BCUT2D eigenvalue weighted by molar-refractivity contribution is 4.79. The summed E-state index contributed by atoms with van der Waals surface area (Å²) < 4.78 is 5.45. The Hall–Kier alpha value is -0.0800. The SMILES string of the molecule is CCCC(N)C1COC(C)C1. The maximum absolute atomic E-state index is 5.97. The molecule has 2 heteroatoms. The van der Waals surface area contributed by atoms with Gasteiger partial charge < -0.3 is 10.5 Å². The molecular formula is C9H19NO. The fourth-order valence-corrected chi connectivity index (χ4v) is 1.72. The zero-order valence-corrected chi connectivity index (χ0v) is 7.55. The average molecular weight is 157 g/mol. The maximum atomic E-state index is 5.97. The Morgan fingerprint density at radius 2 is 2.36 bits per heavy atom. The van der Waals surface area contributed by atoms with Crippen LogP contribution >= 0.6 is 0 Å². The minimum Gasteiger partial charge on any atom is -0.378 e. The highest BCUT2D eigenvalue weighted by Gasteiger charge is 2.26. The lowest BCUT2D eigenvalue weighted by atomic mass is 9.94. The van der Waals surface area contributed by atoms with Crippen LogP contribution in [0.4, 0.5) is 0 Å². The summed E-state index contributed by atoms with van der Waals surface area (Å²) in [7, 11) is 0. The Morgan fingerprint density at radius 1 is 1.64 bits per heavy atom. The van der Waals surface area contributed by atoms with Crippen molar-refractivity contribution in [3.05, 3.63) is 0 Å². The molecule has 0 amide bonds. The van der Waals surface area contributed by atoms with Crippen molar-refractivity contribution in [2.24, 2.45) is 11.7 Å². The van der Waals surface area contributed by atoms with Crippen molar-refractivity contribution in [2.75, 3.05) is 6.61 Å². The van der Waals surface area contributed by atoms with Gasteiger partial charge in [0, 0.05) is 6.04 Å². The van der Waals surface area contributed by atoms with Gasteiger partial charge in [-0.25, -0.2) is 0 Å². The van der Waals surface area contributed by atoms with E-state index < -0.39 is 0 Å². The molecule has 1 rings (SSSR count). The minimum absolute atomic E-state index is 0.366. The second kappa shape index (κ2) is 4.07. The van der Waals surface area contributed by atoms with Crippen molar-refractivity contribution in [2.45, 2.75) is 45.3 Å². The molecule has 1 aliphatic heterocycles. The summed E-state index contributed by atoms with van der Waals surface area (Å²) >= 11 is 0. The van der Waals surface area contributed by atoms with Gasteiger partial charge in [-0.15, -0.1) is 0 Å². The first kappa shape index (κ1) is 9.01. The molecule has 2 nitrogen and oxygen atoms in total. The predicted molar refractivity (Wildman–Crippen MR) is 46.4 cm³/mol. The molecule has 11 heavy (non-hydrogen) atoms. The molecule has 2 N–H and O–H groups in total. The average Bonchev–Trinajstić information content (AvgIpc) is 2.36. The van der Waals surface area contributed by atoms with Crippen molar-refractivity contribution >= 4 is 0 Å². The van der Waals surface area contributed by atoms with E-state index in [1.165, 1.54) is 6.42 Å². The largest absolute Gasteiger partial charge is 0.378 e. The lowest BCUT2D eigenvalue weighted by Crippen LogP contribution is -2.30. The van der Waals surface area contributed by atoms with E-state index in [1.807, 2.05) is 0 Å². The van der Waals surface area contributed by atoms with E-state index >= 15 is 0 Å². The van der Waals surface area contributed by atoms with Gasteiger partial charge in [0.25, 0.3) is 0 Å². The molecule has 66 valence electrons. The topological polar surface area (TPSA) is 35.2 Å². The number of hydrogen-bond acceptors (Lipinski definition) is 2. The molecule has 0 bridgehead atoms. The maximum Gasteiger partial charge on any atom is 0.0551 e. The summed E-state index contributed by atoms with van der Waals surface area (Å²) in [5.41, 5.74) is 5.97. The molecule has 0 saturated carbocycles. The van der Waals surface area contributed by atoms with Gasteiger partial charge in [0.1, 0.15) is 0 Å². The third-order valence-electron chi connectivity index (χ3n) is 2.46. The molecule has 1 saturated heterocycles. The van der Waals surface area contributed by atoms with Crippen LogP contribution < -0.4 is 5.73 Å². The molecule has 0 aromatic rings. The smallest absolute Gasteiger partial charge is 0.0551 e. The Bertz CT molecular complexity index is 116. The Labute approximate surface area is 69.1 Å². The van der Waals surface area contributed by atoms with Gasteiger partial charge in [-0.05, 0) is 25.7 Å². The van der Waals surface area contributed by atoms with Gasteiger partial charge in [0.05, 0.1) is 12.7 Å². The highest BCUT2D eigenvalue weighted by atomic mass is 16.5. The van der Waals surface area contributed by atoms with Crippen LogP contribution in [0.2, 0.25) is 0 Å². The van der Waals surface area contributed by atoms with Crippen LogP contribution in [0, 0.1) is 5.92 Å². The third-order valence-corrected chi connectivity index (χ3v) is 2.46. The van der Waals surface area contributed by atoms with E-state index in [2.05, 4.69) is 13.8 Å². The highest BCUT2D eigenvalue weighted by Crippen LogP contribution is 2.22. The van der Waals surface area contributed by atoms with Crippen LogP contribution in [0.15, 0.2) is 0 Å². The number of hydrogen-bond donors (Lipinski definition) is 1. The molecule has 1 heterocycles. The van der Waals surface area contributed by atoms with Crippen LogP contribution in [0.1, 0.15) is 33.1 Å². The summed E-state index contributed by atoms with van der Waals surface area (Å²) in [6.45, 7) is 5.18. The number of ether oxygens (including phenoxy) is 1. The van der Waals surface area contributed by atoms with Crippen molar-refractivity contribution in [1.29, 1.82) is 0 Å². The van der Waals surface area contributed by atoms with E-state index in [1.54, 1.807) is 0 Å². The van der Waals surface area contributed by atoms with Gasteiger partial charge >= 0.3 is 0 Å². The second-order valence-corrected chi connectivity index (χ2v) is 3.59. The van der Waals surface area contributed by atoms with Gasteiger partial charge in [0.2, 0.25) is 0 Å². The molecule has 3 atom stereocenters. The second-order valence-electron chi connectivity index (χ2n) is 3.59. The van der Waals surface area contributed by atoms with E-state index in [-0.39, 0.29) is 0 Å². The molecule has 0 aromatic carbocycles. The molecule has 0 spiro atoms. The van der Waals surface area contributed by atoms with Gasteiger partial charge in [-0.1, -0.05) is 13.3 Å². The Kier molecular flexibility index (Phi) is 3.34. The van der Waals surface area contributed by atoms with Crippen LogP contribution in [-0.4, -0.2) is 18.8 Å². The zero-order chi connectivity index (χ0) is 8.27. The van der Waals surface area contributed by atoms with E-state index in [4.69, 9.17) is 10.5 Å². The standard InChI is InChI=1S/C9H19NO/c1-3-4-9(10)8-5-7(2)11-6-8/h7-9H,3-6,10H2,1-2H3. The van der Waals surface area contributed by atoms with Crippen LogP contribution in [0.3, 0.4) is 0 Å². The van der Waals surface area contributed by atoms with Crippen LogP contribution in [-0.2, 0) is 4.74 Å². The van der Waals surface area contributed by atoms with Crippen molar-refractivity contribution in [1.82, 2.24) is 0 Å². The first-order valence-corrected chi connectivity index (χ1v) is 4.61. The normalized spacial score (nSPS) is 34.1. The van der Waals surface area contributed by atoms with Gasteiger partial charge in [-0.2, -0.15) is 0 Å². The monoisotopic (exact) mass is 157 g/mol. The molecule has 0 radical (unpaired) electrons. The minimum atomic E-state index is 0.366. The molecule has 0 aromatic heterocycles. The van der Waals surface area contributed by atoms with E-state index in [9.17, 15) is 0 Å². The molecular weight excluding hydrogens is 138 g/mol. The van der Waals surface area contributed by atoms with Crippen LogP contribution in [0.5, 0.6) is 0 Å². The van der Waals surface area contributed by atoms with E-state index in [0.29, 0.717) is 18.1 Å². The van der Waals surface area contributed by atoms with Crippen molar-refractivity contribution < 1.29 is 4.74 Å². The molecule has 0 aliphatic carbocycles. The summed E-state index contributed by atoms with van der Waals surface area (Å²) in [5, 5.41) is 0. The Morgan fingerprint density at radius 3 is 2.82 bits per heavy atom. The number of nitrogens with two attached hydrogens (primary N) is 1. The van der Waals surface area contributed by atoms with Crippen molar-refractivity contribution in [3.8, 4) is 0 Å². The first-order valence-electron chi connectivity index (χ1n) is 4.61. The fraction of sp³-hybridized carbons (Fsp3) is 1.00. The summed E-state index contributed by atoms with van der Waals surface area (Å²) in [6.07, 6.45) is 3.91. The zero-order valence-electron chi connectivity index (χ0n) is 7.55. The third kappa shape index (κ3) is 2.46.